The van der Waals surface area contributed by atoms with Crippen LogP contribution in [0.1, 0.15) is 36.5 Å². The van der Waals surface area contributed by atoms with Crippen molar-refractivity contribution in [2.24, 2.45) is 0 Å². The summed E-state index contributed by atoms with van der Waals surface area (Å²) < 4.78 is 49.6. The molecule has 2 aliphatic rings. The molecule has 1 N–H and O–H groups in total. The van der Waals surface area contributed by atoms with E-state index in [1.165, 1.54) is 28.6 Å². The fourth-order valence-electron chi connectivity index (χ4n) is 3.31. The van der Waals surface area contributed by atoms with Gasteiger partial charge in [0.1, 0.15) is 0 Å². The van der Waals surface area contributed by atoms with E-state index in [1.54, 1.807) is 6.92 Å². The average molecular weight is 386 g/mol. The van der Waals surface area contributed by atoms with Crippen LogP contribution in [0.2, 0.25) is 0 Å². The van der Waals surface area contributed by atoms with Crippen LogP contribution in [0.15, 0.2) is 29.2 Å². The topological polar surface area (TPSA) is 101 Å². The molecule has 1 aromatic carbocycles. The molecule has 0 unspecified atom stereocenters. The van der Waals surface area contributed by atoms with Crippen molar-refractivity contribution < 1.29 is 21.6 Å². The molecule has 0 saturated carbocycles. The Kier molecular flexibility index (Phi) is 4.67. The summed E-state index contributed by atoms with van der Waals surface area (Å²) in [5.41, 5.74) is -0.471. The van der Waals surface area contributed by atoms with Crippen LogP contribution in [-0.4, -0.2) is 57.2 Å². The second kappa shape index (κ2) is 6.37. The minimum Gasteiger partial charge on any atom is -0.346 e. The number of sulfone groups is 1. The first kappa shape index (κ1) is 18.3. The Morgan fingerprint density at radius 2 is 1.76 bits per heavy atom. The van der Waals surface area contributed by atoms with E-state index in [0.717, 1.165) is 12.8 Å². The molecule has 2 heterocycles. The minimum atomic E-state index is -3.51. The van der Waals surface area contributed by atoms with Crippen molar-refractivity contribution in [1.29, 1.82) is 0 Å². The summed E-state index contributed by atoms with van der Waals surface area (Å²) in [6.07, 6.45) is 2.10. The largest absolute Gasteiger partial charge is 0.346 e. The molecule has 2 saturated heterocycles. The lowest BCUT2D eigenvalue weighted by molar-refractivity contribution is 0.0915. The highest BCUT2D eigenvalue weighted by Crippen LogP contribution is 2.24. The predicted molar refractivity (Wildman–Crippen MR) is 93.6 cm³/mol. The van der Waals surface area contributed by atoms with E-state index in [9.17, 15) is 21.6 Å². The number of carbonyl (C=O) groups excluding carboxylic acids is 1. The Morgan fingerprint density at radius 1 is 1.16 bits per heavy atom. The molecule has 9 heteroatoms. The molecule has 2 fully saturated rings. The van der Waals surface area contributed by atoms with E-state index in [0.29, 0.717) is 25.1 Å². The van der Waals surface area contributed by atoms with Crippen LogP contribution in [0, 0.1) is 0 Å². The molecule has 0 spiro atoms. The minimum absolute atomic E-state index is 0.0663. The molecule has 3 rings (SSSR count). The van der Waals surface area contributed by atoms with Crippen LogP contribution in [0.4, 0.5) is 0 Å². The monoisotopic (exact) mass is 386 g/mol. The van der Waals surface area contributed by atoms with Gasteiger partial charge in [0.25, 0.3) is 5.91 Å². The first-order chi connectivity index (χ1) is 11.6. The number of rotatable bonds is 4. The lowest BCUT2D eigenvalue weighted by Crippen LogP contribution is -2.46. The van der Waals surface area contributed by atoms with Gasteiger partial charge in [-0.05, 0) is 50.5 Å². The molecule has 138 valence electrons. The van der Waals surface area contributed by atoms with Gasteiger partial charge in [-0.15, -0.1) is 0 Å². The number of amides is 1. The third-order valence-corrected chi connectivity index (χ3v) is 8.55. The summed E-state index contributed by atoms with van der Waals surface area (Å²) >= 11 is 0. The molecule has 0 aromatic heterocycles. The Balaban J connectivity index is 1.73. The molecule has 0 bridgehead atoms. The molecule has 25 heavy (non-hydrogen) atoms. The van der Waals surface area contributed by atoms with Crippen LogP contribution in [0.25, 0.3) is 0 Å². The van der Waals surface area contributed by atoms with Crippen molar-refractivity contribution in [1.82, 2.24) is 9.62 Å². The number of sulfonamides is 1. The summed E-state index contributed by atoms with van der Waals surface area (Å²) in [6.45, 7) is 2.76. The van der Waals surface area contributed by atoms with Crippen LogP contribution in [-0.2, 0) is 19.9 Å². The molecular weight excluding hydrogens is 364 g/mol. The Labute approximate surface area is 148 Å². The highest BCUT2D eigenvalue weighted by molar-refractivity contribution is 7.91. The lowest BCUT2D eigenvalue weighted by atomic mass is 10.0. The SMILES string of the molecule is C[C@]1(NC(=O)c2ccc(S(=O)(=O)N3CCCC3)cc2)CCS(=O)(=O)C1. The van der Waals surface area contributed by atoms with E-state index in [-0.39, 0.29) is 16.4 Å². The number of carbonyl (C=O) groups is 1. The van der Waals surface area contributed by atoms with Gasteiger partial charge >= 0.3 is 0 Å². The summed E-state index contributed by atoms with van der Waals surface area (Å²) in [4.78, 5) is 12.5. The van der Waals surface area contributed by atoms with Gasteiger partial charge in [-0.25, -0.2) is 16.8 Å². The van der Waals surface area contributed by atoms with E-state index < -0.39 is 31.3 Å². The lowest BCUT2D eigenvalue weighted by Gasteiger charge is -2.24. The van der Waals surface area contributed by atoms with Crippen molar-refractivity contribution in [3.05, 3.63) is 29.8 Å². The Hall–Kier alpha value is -1.45. The Bertz CT molecular complexity index is 872. The Morgan fingerprint density at radius 3 is 2.28 bits per heavy atom. The third kappa shape index (κ3) is 3.88. The zero-order valence-corrected chi connectivity index (χ0v) is 15.7. The first-order valence-corrected chi connectivity index (χ1v) is 11.5. The van der Waals surface area contributed by atoms with Gasteiger partial charge in [-0.3, -0.25) is 4.79 Å². The first-order valence-electron chi connectivity index (χ1n) is 8.25. The quantitative estimate of drug-likeness (QED) is 0.824. The van der Waals surface area contributed by atoms with Gasteiger partial charge in [0, 0.05) is 18.7 Å². The van der Waals surface area contributed by atoms with Crippen LogP contribution < -0.4 is 5.32 Å². The highest BCUT2D eigenvalue weighted by atomic mass is 32.2. The summed E-state index contributed by atoms with van der Waals surface area (Å²) in [5, 5.41) is 2.76. The molecule has 2 aliphatic heterocycles. The van der Waals surface area contributed by atoms with Crippen molar-refractivity contribution in [2.45, 2.75) is 36.6 Å². The molecule has 0 aliphatic carbocycles. The zero-order chi connectivity index (χ0) is 18.3. The van der Waals surface area contributed by atoms with Crippen LogP contribution in [0.5, 0.6) is 0 Å². The molecular formula is C16H22N2O5S2. The van der Waals surface area contributed by atoms with Gasteiger partial charge in [0.15, 0.2) is 9.84 Å². The van der Waals surface area contributed by atoms with E-state index >= 15 is 0 Å². The summed E-state index contributed by atoms with van der Waals surface area (Å²) in [7, 11) is -6.63. The van der Waals surface area contributed by atoms with Crippen molar-refractivity contribution in [3.63, 3.8) is 0 Å². The highest BCUT2D eigenvalue weighted by Gasteiger charge is 2.39. The van der Waals surface area contributed by atoms with Gasteiger partial charge in [0.05, 0.1) is 21.9 Å². The zero-order valence-electron chi connectivity index (χ0n) is 14.1. The number of benzene rings is 1. The van der Waals surface area contributed by atoms with Crippen molar-refractivity contribution in [3.8, 4) is 0 Å². The van der Waals surface area contributed by atoms with Gasteiger partial charge in [-0.1, -0.05) is 0 Å². The van der Waals surface area contributed by atoms with E-state index in [4.69, 9.17) is 0 Å². The third-order valence-electron chi connectivity index (χ3n) is 4.74. The maximum Gasteiger partial charge on any atom is 0.251 e. The fraction of sp³-hybridized carbons (Fsp3) is 0.562. The van der Waals surface area contributed by atoms with Crippen LogP contribution in [0.3, 0.4) is 0 Å². The standard InChI is InChI=1S/C16H22N2O5S2/c1-16(8-11-24(20,21)12-16)17-15(19)13-4-6-14(7-5-13)25(22,23)18-9-2-3-10-18/h4-7H,2-3,8-12H2,1H3,(H,17,19)/t16-/m0/s1. The van der Waals surface area contributed by atoms with Crippen molar-refractivity contribution in [2.75, 3.05) is 24.6 Å². The molecule has 1 amide bonds. The molecule has 1 aromatic rings. The smallest absolute Gasteiger partial charge is 0.251 e. The average Bonchev–Trinajstić information content (AvgIpc) is 3.16. The second-order valence-corrected chi connectivity index (χ2v) is 11.1. The molecule has 0 radical (unpaired) electrons. The fourth-order valence-corrected chi connectivity index (χ4v) is 6.92. The number of nitrogens with zero attached hydrogens (tertiary/aromatic N) is 1. The predicted octanol–water partition coefficient (Wildman–Crippen LogP) is 0.778. The molecule has 1 atom stereocenters. The number of hydrogen-bond acceptors (Lipinski definition) is 5. The van der Waals surface area contributed by atoms with Gasteiger partial charge in [0.2, 0.25) is 10.0 Å². The normalized spacial score (nSPS) is 26.6. The van der Waals surface area contributed by atoms with Gasteiger partial charge < -0.3 is 5.32 Å². The maximum absolute atomic E-state index is 12.5. The summed E-state index contributed by atoms with van der Waals surface area (Å²) in [6, 6.07) is 5.78. The maximum atomic E-state index is 12.5. The number of nitrogens with one attached hydrogen (secondary N) is 1. The van der Waals surface area contributed by atoms with E-state index in [1.807, 2.05) is 0 Å². The van der Waals surface area contributed by atoms with Crippen LogP contribution >= 0.6 is 0 Å². The van der Waals surface area contributed by atoms with E-state index in [2.05, 4.69) is 5.32 Å². The second-order valence-electron chi connectivity index (χ2n) is 6.99. The molecule has 7 nitrogen and oxygen atoms in total. The number of hydrogen-bond donors (Lipinski definition) is 1. The van der Waals surface area contributed by atoms with Crippen molar-refractivity contribution >= 4 is 25.8 Å². The summed E-state index contributed by atoms with van der Waals surface area (Å²) in [5.74, 6) is -0.408. The van der Waals surface area contributed by atoms with Gasteiger partial charge in [-0.2, -0.15) is 4.31 Å².